The SMILES string of the molecule is CC(NC(=O)OCC1c2ccccc2-c2ccccc21)(C(=O)N1CC[C@H]2C(C(=O)O)[C@H]2C1)C1CC1. The molecule has 1 aliphatic heterocycles. The van der Waals surface area contributed by atoms with Crippen LogP contribution in [0.2, 0.25) is 0 Å². The highest BCUT2D eigenvalue weighted by Crippen LogP contribution is 2.52. The number of rotatable bonds is 6. The van der Waals surface area contributed by atoms with Crippen molar-refractivity contribution in [3.63, 3.8) is 0 Å². The number of likely N-dealkylation sites (tertiary alicyclic amines) is 1. The fraction of sp³-hybridized carbons (Fsp3) is 0.464. The summed E-state index contributed by atoms with van der Waals surface area (Å²) in [6.07, 6.45) is 1.88. The Morgan fingerprint density at radius 2 is 1.63 bits per heavy atom. The number of hydrogen-bond donors (Lipinski definition) is 2. The summed E-state index contributed by atoms with van der Waals surface area (Å²) in [6, 6.07) is 16.4. The molecule has 4 aliphatic rings. The first-order valence-electron chi connectivity index (χ1n) is 12.5. The van der Waals surface area contributed by atoms with Crippen molar-refractivity contribution in [3.8, 4) is 11.1 Å². The highest BCUT2D eigenvalue weighted by molar-refractivity contribution is 5.91. The number of carboxylic acids is 1. The van der Waals surface area contributed by atoms with Crippen molar-refractivity contribution in [2.24, 2.45) is 23.7 Å². The molecule has 2 aromatic rings. The van der Waals surface area contributed by atoms with Gasteiger partial charge in [0.25, 0.3) is 0 Å². The van der Waals surface area contributed by atoms with Crippen molar-refractivity contribution in [1.82, 2.24) is 10.2 Å². The molecule has 7 nitrogen and oxygen atoms in total. The molecule has 1 heterocycles. The predicted octanol–water partition coefficient (Wildman–Crippen LogP) is 3.87. The highest BCUT2D eigenvalue weighted by Gasteiger charge is 2.59. The number of nitrogens with one attached hydrogen (secondary N) is 1. The van der Waals surface area contributed by atoms with Crippen LogP contribution in [0.25, 0.3) is 11.1 Å². The lowest BCUT2D eigenvalue weighted by Gasteiger charge is -2.37. The maximum absolute atomic E-state index is 13.6. The fourth-order valence-electron chi connectivity index (χ4n) is 6.45. The van der Waals surface area contributed by atoms with Crippen molar-refractivity contribution < 1.29 is 24.2 Å². The maximum atomic E-state index is 13.6. The van der Waals surface area contributed by atoms with E-state index < -0.39 is 17.6 Å². The second-order valence-electron chi connectivity index (χ2n) is 10.7. The zero-order chi connectivity index (χ0) is 24.3. The number of amides is 2. The standard InChI is InChI=1S/C28H30N2O5/c1-28(16-10-11-16,26(33)30-13-12-21-22(14-30)24(21)25(31)32)29-27(34)35-15-23-19-8-4-2-6-17(19)18-7-3-5-9-20(18)23/h2-9,16,21-24H,10-15H2,1H3,(H,29,34)(H,31,32)/t21-,22+,24?,28?/m1/s1. The third-order valence-electron chi connectivity index (χ3n) is 8.61. The number of hydrogen-bond acceptors (Lipinski definition) is 4. The Morgan fingerprint density at radius 3 is 2.23 bits per heavy atom. The third kappa shape index (κ3) is 3.68. The van der Waals surface area contributed by atoms with Crippen LogP contribution in [0.4, 0.5) is 4.79 Å². The van der Waals surface area contributed by atoms with E-state index in [2.05, 4.69) is 29.6 Å². The van der Waals surface area contributed by atoms with Crippen LogP contribution in [0, 0.1) is 23.7 Å². The highest BCUT2D eigenvalue weighted by atomic mass is 16.5. The second kappa shape index (κ2) is 8.11. The number of carboxylic acid groups (broad SMARTS) is 1. The molecule has 2 amide bonds. The molecule has 35 heavy (non-hydrogen) atoms. The van der Waals surface area contributed by atoms with Gasteiger partial charge in [-0.25, -0.2) is 4.79 Å². The number of fused-ring (bicyclic) bond motifs is 4. The van der Waals surface area contributed by atoms with Gasteiger partial charge in [0.05, 0.1) is 5.92 Å². The average molecular weight is 475 g/mol. The zero-order valence-electron chi connectivity index (χ0n) is 19.8. The Balaban J connectivity index is 1.13. The van der Waals surface area contributed by atoms with Crippen LogP contribution in [-0.2, 0) is 14.3 Å². The Hall–Kier alpha value is -3.35. The van der Waals surface area contributed by atoms with Gasteiger partial charge in [0, 0.05) is 19.0 Å². The molecule has 1 saturated heterocycles. The van der Waals surface area contributed by atoms with Crippen molar-refractivity contribution in [3.05, 3.63) is 59.7 Å². The van der Waals surface area contributed by atoms with Crippen LogP contribution >= 0.6 is 0 Å². The molecule has 2 aromatic carbocycles. The van der Waals surface area contributed by atoms with Crippen LogP contribution in [0.3, 0.4) is 0 Å². The molecule has 2 saturated carbocycles. The monoisotopic (exact) mass is 474 g/mol. The number of alkyl carbamates (subject to hydrolysis) is 1. The normalized spacial score (nSPS) is 26.1. The molecule has 3 aliphatic carbocycles. The first kappa shape index (κ1) is 22.1. The molecular weight excluding hydrogens is 444 g/mol. The van der Waals surface area contributed by atoms with E-state index in [9.17, 15) is 19.5 Å². The van der Waals surface area contributed by atoms with Crippen LogP contribution in [0.1, 0.15) is 43.2 Å². The van der Waals surface area contributed by atoms with E-state index in [0.29, 0.717) is 19.5 Å². The van der Waals surface area contributed by atoms with Gasteiger partial charge in [-0.15, -0.1) is 0 Å². The molecule has 0 spiro atoms. The van der Waals surface area contributed by atoms with Gasteiger partial charge < -0.3 is 20.1 Å². The molecular formula is C28H30N2O5. The van der Waals surface area contributed by atoms with Crippen LogP contribution in [0.5, 0.6) is 0 Å². The van der Waals surface area contributed by atoms with E-state index in [1.54, 1.807) is 11.8 Å². The Labute approximate surface area is 204 Å². The molecule has 0 radical (unpaired) electrons. The van der Waals surface area contributed by atoms with Crippen LogP contribution in [-0.4, -0.2) is 53.2 Å². The minimum atomic E-state index is -1.04. The number of aliphatic carboxylic acids is 1. The lowest BCUT2D eigenvalue weighted by Crippen LogP contribution is -2.60. The van der Waals surface area contributed by atoms with E-state index >= 15 is 0 Å². The largest absolute Gasteiger partial charge is 0.481 e. The molecule has 2 N–H and O–H groups in total. The lowest BCUT2D eigenvalue weighted by molar-refractivity contribution is -0.141. The first-order valence-corrected chi connectivity index (χ1v) is 12.5. The molecule has 0 bridgehead atoms. The van der Waals surface area contributed by atoms with Crippen molar-refractivity contribution in [2.75, 3.05) is 19.7 Å². The summed E-state index contributed by atoms with van der Waals surface area (Å²) < 4.78 is 5.73. The number of piperidine rings is 1. The number of benzene rings is 2. The third-order valence-corrected chi connectivity index (χ3v) is 8.61. The molecule has 182 valence electrons. The van der Waals surface area contributed by atoms with E-state index in [1.807, 2.05) is 24.3 Å². The van der Waals surface area contributed by atoms with E-state index in [0.717, 1.165) is 24.0 Å². The summed E-state index contributed by atoms with van der Waals surface area (Å²) in [5.74, 6) is -0.989. The minimum absolute atomic E-state index is 0.0307. The zero-order valence-corrected chi connectivity index (χ0v) is 19.8. The van der Waals surface area contributed by atoms with Gasteiger partial charge in [-0.3, -0.25) is 9.59 Å². The van der Waals surface area contributed by atoms with E-state index in [-0.39, 0.29) is 42.1 Å². The summed E-state index contributed by atoms with van der Waals surface area (Å²) in [6.45, 7) is 2.98. The molecule has 0 aromatic heterocycles. The van der Waals surface area contributed by atoms with Gasteiger partial charge in [0.2, 0.25) is 5.91 Å². The Bertz CT molecular complexity index is 1160. The summed E-state index contributed by atoms with van der Waals surface area (Å²) in [4.78, 5) is 39.7. The molecule has 3 fully saturated rings. The Morgan fingerprint density at radius 1 is 1.00 bits per heavy atom. The van der Waals surface area contributed by atoms with Gasteiger partial charge in [0.1, 0.15) is 12.1 Å². The quantitative estimate of drug-likeness (QED) is 0.663. The number of ether oxygens (including phenoxy) is 1. The topological polar surface area (TPSA) is 95.9 Å². The van der Waals surface area contributed by atoms with Crippen molar-refractivity contribution in [1.29, 1.82) is 0 Å². The van der Waals surface area contributed by atoms with Gasteiger partial charge in [0.15, 0.2) is 0 Å². The summed E-state index contributed by atoms with van der Waals surface area (Å²) in [5, 5.41) is 12.3. The average Bonchev–Trinajstić information content (AvgIpc) is 3.78. The number of nitrogens with zero attached hydrogens (tertiary/aromatic N) is 1. The lowest BCUT2D eigenvalue weighted by atomic mass is 9.93. The predicted molar refractivity (Wildman–Crippen MR) is 129 cm³/mol. The summed E-state index contributed by atoms with van der Waals surface area (Å²) in [7, 11) is 0. The molecule has 6 rings (SSSR count). The summed E-state index contributed by atoms with van der Waals surface area (Å²) >= 11 is 0. The first-order chi connectivity index (χ1) is 16.9. The van der Waals surface area contributed by atoms with Gasteiger partial charge in [-0.05, 0) is 66.2 Å². The molecule has 7 heteroatoms. The van der Waals surface area contributed by atoms with Crippen LogP contribution in [0.15, 0.2) is 48.5 Å². The smallest absolute Gasteiger partial charge is 0.408 e. The summed E-state index contributed by atoms with van der Waals surface area (Å²) in [5.41, 5.74) is 3.57. The molecule has 2 unspecified atom stereocenters. The fourth-order valence-corrected chi connectivity index (χ4v) is 6.45. The van der Waals surface area contributed by atoms with Crippen molar-refractivity contribution >= 4 is 18.0 Å². The van der Waals surface area contributed by atoms with E-state index in [4.69, 9.17) is 4.74 Å². The number of carbonyl (C=O) groups is 3. The minimum Gasteiger partial charge on any atom is -0.481 e. The second-order valence-corrected chi connectivity index (χ2v) is 10.7. The van der Waals surface area contributed by atoms with E-state index in [1.165, 1.54) is 11.1 Å². The van der Waals surface area contributed by atoms with Gasteiger partial charge in [-0.1, -0.05) is 48.5 Å². The van der Waals surface area contributed by atoms with Crippen molar-refractivity contribution in [2.45, 2.75) is 37.6 Å². The maximum Gasteiger partial charge on any atom is 0.408 e. The Kier molecular flexibility index (Phi) is 5.13. The molecule has 4 atom stereocenters. The van der Waals surface area contributed by atoms with Gasteiger partial charge in [-0.2, -0.15) is 0 Å². The van der Waals surface area contributed by atoms with Gasteiger partial charge >= 0.3 is 12.1 Å². The van der Waals surface area contributed by atoms with Crippen LogP contribution < -0.4 is 5.32 Å². The number of carbonyl (C=O) groups excluding carboxylic acids is 2.